The van der Waals surface area contributed by atoms with Gasteiger partial charge < -0.3 is 0 Å². The number of hydrogen-bond acceptors (Lipinski definition) is 2. The van der Waals surface area contributed by atoms with Gasteiger partial charge in [-0.3, -0.25) is 0 Å². The van der Waals surface area contributed by atoms with Gasteiger partial charge in [0, 0.05) is 11.1 Å². The van der Waals surface area contributed by atoms with E-state index in [0.717, 1.165) is 17.9 Å². The molecule has 0 N–H and O–H groups in total. The zero-order valence-electron chi connectivity index (χ0n) is 9.55. The third-order valence-corrected chi connectivity index (χ3v) is 3.10. The van der Waals surface area contributed by atoms with Gasteiger partial charge in [0.05, 0.1) is 0 Å². The molecular weight excluding hydrogens is 208 g/mol. The molecule has 15 heavy (non-hydrogen) atoms. The fraction of sp³-hybridized carbons (Fsp3) is 0.667. The average molecular weight is 225 g/mol. The van der Waals surface area contributed by atoms with Gasteiger partial charge in [-0.2, -0.15) is 0 Å². The smallest absolute Gasteiger partial charge is 0.136 e. The second-order valence-corrected chi connectivity index (χ2v) is 5.55. The molecule has 0 aromatic carbocycles. The Hall–Kier alpha value is -0.630. The predicted molar refractivity (Wildman–Crippen MR) is 62.2 cm³/mol. The van der Waals surface area contributed by atoms with Crippen LogP contribution in [0.1, 0.15) is 45.1 Å². The number of nitrogens with zero attached hydrogens (tertiary/aromatic N) is 2. The van der Waals surface area contributed by atoms with Gasteiger partial charge in [-0.25, -0.2) is 9.97 Å². The molecule has 0 aliphatic heterocycles. The van der Waals surface area contributed by atoms with Crippen molar-refractivity contribution in [2.75, 3.05) is 0 Å². The second-order valence-electron chi connectivity index (χ2n) is 5.16. The molecule has 1 saturated carbocycles. The van der Waals surface area contributed by atoms with E-state index in [1.807, 2.05) is 6.07 Å². The Labute approximate surface area is 96.1 Å². The molecule has 3 heteroatoms. The lowest BCUT2D eigenvalue weighted by Crippen LogP contribution is -2.10. The summed E-state index contributed by atoms with van der Waals surface area (Å²) in [5.74, 6) is 1.54. The van der Waals surface area contributed by atoms with E-state index in [0.29, 0.717) is 11.1 Å². The van der Waals surface area contributed by atoms with Crippen molar-refractivity contribution in [2.24, 2.45) is 5.92 Å². The average Bonchev–Trinajstić information content (AvgIpc) is 2.82. The van der Waals surface area contributed by atoms with E-state index < -0.39 is 0 Å². The third kappa shape index (κ3) is 2.49. The van der Waals surface area contributed by atoms with Crippen LogP contribution in [0.25, 0.3) is 0 Å². The monoisotopic (exact) mass is 224 g/mol. The molecule has 1 aliphatic carbocycles. The molecule has 0 unspecified atom stereocenters. The lowest BCUT2D eigenvalue weighted by molar-refractivity contribution is 0.619. The van der Waals surface area contributed by atoms with E-state index >= 15 is 0 Å². The first kappa shape index (κ1) is 10.9. The first-order valence-electron chi connectivity index (χ1n) is 5.53. The Morgan fingerprint density at radius 2 is 2.07 bits per heavy atom. The summed E-state index contributed by atoms with van der Waals surface area (Å²) in [6, 6.07) is 1.89. The van der Waals surface area contributed by atoms with Gasteiger partial charge >= 0.3 is 0 Å². The fourth-order valence-corrected chi connectivity index (χ4v) is 1.87. The van der Waals surface area contributed by atoms with E-state index in [-0.39, 0.29) is 5.41 Å². The van der Waals surface area contributed by atoms with E-state index in [1.54, 1.807) is 0 Å². The standard InChI is InChI=1S/C12H17ClN2/c1-8(2)6-9-7-10(13)15-11(14-9)12(3)4-5-12/h7-8H,4-6H2,1-3H3. The lowest BCUT2D eigenvalue weighted by atomic mass is 10.1. The Bertz CT molecular complexity index is 370. The van der Waals surface area contributed by atoms with Crippen molar-refractivity contribution in [3.63, 3.8) is 0 Å². The zero-order valence-corrected chi connectivity index (χ0v) is 10.3. The van der Waals surface area contributed by atoms with Crippen LogP contribution in [0.15, 0.2) is 6.07 Å². The number of aromatic nitrogens is 2. The van der Waals surface area contributed by atoms with Crippen LogP contribution in [-0.2, 0) is 11.8 Å². The third-order valence-electron chi connectivity index (χ3n) is 2.91. The molecule has 82 valence electrons. The quantitative estimate of drug-likeness (QED) is 0.736. The minimum Gasteiger partial charge on any atom is -0.237 e. The minimum atomic E-state index is 0.205. The fourth-order valence-electron chi connectivity index (χ4n) is 1.67. The Morgan fingerprint density at radius 1 is 1.40 bits per heavy atom. The van der Waals surface area contributed by atoms with Crippen LogP contribution in [0, 0.1) is 5.92 Å². The van der Waals surface area contributed by atoms with Gasteiger partial charge in [0.1, 0.15) is 11.0 Å². The van der Waals surface area contributed by atoms with Crippen LogP contribution < -0.4 is 0 Å². The second kappa shape index (κ2) is 3.75. The molecule has 0 bridgehead atoms. The lowest BCUT2D eigenvalue weighted by Gasteiger charge is -2.10. The Balaban J connectivity index is 2.28. The molecule has 0 saturated heterocycles. The summed E-state index contributed by atoms with van der Waals surface area (Å²) < 4.78 is 0. The highest BCUT2D eigenvalue weighted by Gasteiger charge is 2.42. The van der Waals surface area contributed by atoms with Gasteiger partial charge in [-0.1, -0.05) is 32.4 Å². The summed E-state index contributed by atoms with van der Waals surface area (Å²) in [4.78, 5) is 8.94. The van der Waals surface area contributed by atoms with Gasteiger partial charge in [-0.05, 0) is 31.2 Å². The number of hydrogen-bond donors (Lipinski definition) is 0. The SMILES string of the molecule is CC(C)Cc1cc(Cl)nc(C2(C)CC2)n1. The zero-order chi connectivity index (χ0) is 11.1. The van der Waals surface area contributed by atoms with Crippen molar-refractivity contribution in [3.05, 3.63) is 22.7 Å². The van der Waals surface area contributed by atoms with Crippen molar-refractivity contribution in [2.45, 2.75) is 45.4 Å². The van der Waals surface area contributed by atoms with Crippen LogP contribution in [0.3, 0.4) is 0 Å². The molecule has 0 radical (unpaired) electrons. The Morgan fingerprint density at radius 3 is 2.60 bits per heavy atom. The van der Waals surface area contributed by atoms with E-state index in [9.17, 15) is 0 Å². The van der Waals surface area contributed by atoms with Crippen LogP contribution in [-0.4, -0.2) is 9.97 Å². The van der Waals surface area contributed by atoms with E-state index in [2.05, 4.69) is 30.7 Å². The molecule has 1 fully saturated rings. The summed E-state index contributed by atoms with van der Waals surface area (Å²) >= 11 is 6.02. The van der Waals surface area contributed by atoms with Crippen molar-refractivity contribution in [1.82, 2.24) is 9.97 Å². The molecule has 1 aliphatic rings. The highest BCUT2D eigenvalue weighted by molar-refractivity contribution is 6.29. The first-order chi connectivity index (χ1) is 6.99. The highest BCUT2D eigenvalue weighted by Crippen LogP contribution is 2.46. The van der Waals surface area contributed by atoms with E-state index in [1.165, 1.54) is 12.8 Å². The Kier molecular flexibility index (Phi) is 2.72. The minimum absolute atomic E-state index is 0.205. The summed E-state index contributed by atoms with van der Waals surface area (Å²) in [6.45, 7) is 6.58. The van der Waals surface area contributed by atoms with Gasteiger partial charge in [0.2, 0.25) is 0 Å². The molecule has 0 spiro atoms. The number of halogens is 1. The summed E-state index contributed by atoms with van der Waals surface area (Å²) in [5.41, 5.74) is 1.28. The van der Waals surface area contributed by atoms with Crippen molar-refractivity contribution < 1.29 is 0 Å². The van der Waals surface area contributed by atoms with Crippen molar-refractivity contribution in [3.8, 4) is 0 Å². The predicted octanol–water partition coefficient (Wildman–Crippen LogP) is 3.38. The first-order valence-corrected chi connectivity index (χ1v) is 5.91. The van der Waals surface area contributed by atoms with Gasteiger partial charge in [0.15, 0.2) is 0 Å². The molecule has 2 rings (SSSR count). The summed E-state index contributed by atoms with van der Waals surface area (Å²) in [7, 11) is 0. The van der Waals surface area contributed by atoms with Crippen molar-refractivity contribution >= 4 is 11.6 Å². The molecule has 1 heterocycles. The highest BCUT2D eigenvalue weighted by atomic mass is 35.5. The molecule has 2 nitrogen and oxygen atoms in total. The molecule has 1 aromatic rings. The van der Waals surface area contributed by atoms with Crippen LogP contribution >= 0.6 is 11.6 Å². The largest absolute Gasteiger partial charge is 0.237 e. The topological polar surface area (TPSA) is 25.8 Å². The molecule has 1 aromatic heterocycles. The van der Waals surface area contributed by atoms with Crippen LogP contribution in [0.2, 0.25) is 5.15 Å². The van der Waals surface area contributed by atoms with E-state index in [4.69, 9.17) is 11.6 Å². The number of rotatable bonds is 3. The maximum atomic E-state index is 6.02. The molecule has 0 atom stereocenters. The maximum Gasteiger partial charge on any atom is 0.136 e. The molecule has 0 amide bonds. The maximum absolute atomic E-state index is 6.02. The molecular formula is C12H17ClN2. The van der Waals surface area contributed by atoms with Gasteiger partial charge in [-0.15, -0.1) is 0 Å². The van der Waals surface area contributed by atoms with Crippen LogP contribution in [0.5, 0.6) is 0 Å². The normalized spacial score (nSPS) is 18.2. The summed E-state index contributed by atoms with van der Waals surface area (Å²) in [6.07, 6.45) is 3.36. The van der Waals surface area contributed by atoms with Gasteiger partial charge in [0.25, 0.3) is 0 Å². The van der Waals surface area contributed by atoms with Crippen molar-refractivity contribution in [1.29, 1.82) is 0 Å². The summed E-state index contributed by atoms with van der Waals surface area (Å²) in [5, 5.41) is 0.587. The van der Waals surface area contributed by atoms with Crippen LogP contribution in [0.4, 0.5) is 0 Å².